The molecule has 2 aromatic carbocycles. The van der Waals surface area contributed by atoms with Gasteiger partial charge in [0.2, 0.25) is 29.5 Å². The first-order chi connectivity index (χ1) is 35.9. The lowest BCUT2D eigenvalue weighted by Gasteiger charge is -2.29. The van der Waals surface area contributed by atoms with Crippen LogP contribution in [-0.4, -0.2) is 77.6 Å². The van der Waals surface area contributed by atoms with Crippen LogP contribution in [0.2, 0.25) is 0 Å². The fraction of sp³-hybridized carbons (Fsp3) is 0.388. The van der Waals surface area contributed by atoms with Crippen LogP contribution < -0.4 is 41.8 Å². The van der Waals surface area contributed by atoms with E-state index in [0.29, 0.717) is 31.0 Å². The summed E-state index contributed by atoms with van der Waals surface area (Å²) >= 11 is 0. The van der Waals surface area contributed by atoms with Crippen molar-refractivity contribution < 1.29 is 50.1 Å². The quantitative estimate of drug-likeness (QED) is 0.0202. The van der Waals surface area contributed by atoms with Gasteiger partial charge in [0.15, 0.2) is 0 Å². The van der Waals surface area contributed by atoms with E-state index in [4.69, 9.17) is 5.73 Å². The molecule has 0 unspecified atom stereocenters. The number of hydrogen-bond acceptors (Lipinski definition) is 18. The Balaban J connectivity index is 0.000000248. The molecule has 2 aliphatic rings. The van der Waals surface area contributed by atoms with Crippen LogP contribution in [0.25, 0.3) is 0 Å². The number of rotatable bonds is 18. The molecule has 2 aliphatic carbocycles. The van der Waals surface area contributed by atoms with Crippen molar-refractivity contribution in [1.82, 2.24) is 29.9 Å². The SMILES string of the molecule is C.Fc1ccccn1.NC1CCC(CNc2nc(NCc3ccccc3OC(F)(F)F)ncc2[N+](=O)[O-])CC1.O=[N+]([O-])c1cnc(NCc2ccccc2OC(F)(F)F)nc1NCC1CCC(Nc2ccccn2)CC1. The number of hydrogen-bond donors (Lipinski definition) is 6. The highest BCUT2D eigenvalue weighted by Crippen LogP contribution is 2.32. The number of pyridine rings is 2. The molecule has 0 aliphatic heterocycles. The van der Waals surface area contributed by atoms with Crippen LogP contribution in [0.3, 0.4) is 0 Å². The molecular formula is C49H57F7N14O6. The van der Waals surface area contributed by atoms with E-state index in [-0.39, 0.29) is 84.1 Å². The lowest BCUT2D eigenvalue weighted by atomic mass is 9.86. The number of para-hydroxylation sites is 2. The van der Waals surface area contributed by atoms with Crippen molar-refractivity contribution in [3.8, 4) is 11.5 Å². The normalized spacial score (nSPS) is 17.1. The minimum absolute atomic E-state index is 0. The van der Waals surface area contributed by atoms with Crippen molar-refractivity contribution in [3.63, 3.8) is 0 Å². The van der Waals surface area contributed by atoms with Crippen LogP contribution in [0, 0.1) is 38.0 Å². The first kappa shape index (κ1) is 58.7. The maximum absolute atomic E-state index is 12.7. The largest absolute Gasteiger partial charge is 0.573 e. The van der Waals surface area contributed by atoms with Gasteiger partial charge in [-0.2, -0.15) is 14.4 Å². The van der Waals surface area contributed by atoms with Gasteiger partial charge in [0, 0.05) is 61.8 Å². The molecule has 4 heterocycles. The molecule has 0 saturated heterocycles. The van der Waals surface area contributed by atoms with Crippen LogP contribution in [0.1, 0.15) is 69.9 Å². The number of anilines is 5. The Labute approximate surface area is 432 Å². The summed E-state index contributed by atoms with van der Waals surface area (Å²) in [7, 11) is 0. The number of ether oxygens (including phenoxy) is 2. The number of halogens is 7. The molecule has 0 spiro atoms. The van der Waals surface area contributed by atoms with E-state index >= 15 is 0 Å². The lowest BCUT2D eigenvalue weighted by molar-refractivity contribution is -0.384. The number of nitrogens with one attached hydrogen (secondary N) is 5. The Morgan fingerprint density at radius 2 is 1.01 bits per heavy atom. The Bertz CT molecular complexity index is 2740. The molecule has 0 atom stereocenters. The van der Waals surface area contributed by atoms with Crippen LogP contribution in [0.15, 0.2) is 110 Å². The van der Waals surface area contributed by atoms with E-state index in [1.165, 1.54) is 48.7 Å². The number of alkyl halides is 6. The summed E-state index contributed by atoms with van der Waals surface area (Å²) in [6.07, 6.45) is 3.05. The van der Waals surface area contributed by atoms with Crippen molar-refractivity contribution >= 4 is 40.7 Å². The van der Waals surface area contributed by atoms with Gasteiger partial charge < -0.3 is 41.8 Å². The monoisotopic (exact) mass is 1070 g/mol. The predicted molar refractivity (Wildman–Crippen MR) is 270 cm³/mol. The van der Waals surface area contributed by atoms with E-state index in [9.17, 15) is 51.0 Å². The van der Waals surface area contributed by atoms with Crippen molar-refractivity contribution in [2.75, 3.05) is 39.7 Å². The predicted octanol–water partition coefficient (Wildman–Crippen LogP) is 11.1. The zero-order valence-electron chi connectivity index (χ0n) is 39.9. The van der Waals surface area contributed by atoms with Gasteiger partial charge in [0.25, 0.3) is 0 Å². The minimum atomic E-state index is -4.83. The summed E-state index contributed by atoms with van der Waals surface area (Å²) in [5.74, 6) is 0.535. The van der Waals surface area contributed by atoms with Crippen LogP contribution >= 0.6 is 0 Å². The molecule has 8 rings (SSSR count). The van der Waals surface area contributed by atoms with E-state index in [1.807, 2.05) is 18.2 Å². The Morgan fingerprint density at radius 1 is 0.579 bits per heavy atom. The Hall–Kier alpha value is -8.23. The summed E-state index contributed by atoms with van der Waals surface area (Å²) in [5, 5.41) is 37.9. The molecule has 0 bridgehead atoms. The average molecular weight is 1070 g/mol. The second-order valence-corrected chi connectivity index (χ2v) is 17.2. The van der Waals surface area contributed by atoms with Gasteiger partial charge in [0.05, 0.1) is 9.85 Å². The third-order valence-electron chi connectivity index (χ3n) is 11.7. The molecule has 408 valence electrons. The van der Waals surface area contributed by atoms with Crippen LogP contribution in [-0.2, 0) is 13.1 Å². The molecule has 2 saturated carbocycles. The van der Waals surface area contributed by atoms with Crippen molar-refractivity contribution in [1.29, 1.82) is 0 Å². The summed E-state index contributed by atoms with van der Waals surface area (Å²) in [6, 6.07) is 22.1. The molecule has 6 aromatic rings. The van der Waals surface area contributed by atoms with E-state index in [0.717, 1.165) is 69.6 Å². The van der Waals surface area contributed by atoms with Gasteiger partial charge in [0.1, 0.15) is 29.7 Å². The van der Waals surface area contributed by atoms with Gasteiger partial charge in [-0.05, 0) is 99.6 Å². The van der Waals surface area contributed by atoms with Crippen molar-refractivity contribution in [3.05, 3.63) is 147 Å². The zero-order chi connectivity index (χ0) is 53.8. The van der Waals surface area contributed by atoms with Crippen LogP contribution in [0.5, 0.6) is 11.5 Å². The molecule has 27 heteroatoms. The minimum Gasteiger partial charge on any atom is -0.405 e. The Morgan fingerprint density at radius 3 is 1.41 bits per heavy atom. The average Bonchev–Trinajstić information content (AvgIpc) is 3.38. The van der Waals surface area contributed by atoms with Crippen molar-refractivity contribution in [2.24, 2.45) is 17.6 Å². The van der Waals surface area contributed by atoms with Gasteiger partial charge >= 0.3 is 24.1 Å². The van der Waals surface area contributed by atoms with Gasteiger partial charge in [-0.3, -0.25) is 20.2 Å². The third-order valence-corrected chi connectivity index (χ3v) is 11.7. The topological polar surface area (TPSA) is 268 Å². The van der Waals surface area contributed by atoms with Crippen LogP contribution in [0.4, 0.5) is 71.5 Å². The summed E-state index contributed by atoms with van der Waals surface area (Å²) < 4.78 is 95.6. The summed E-state index contributed by atoms with van der Waals surface area (Å²) in [4.78, 5) is 45.4. The highest BCUT2D eigenvalue weighted by molar-refractivity contribution is 5.58. The molecule has 2 fully saturated rings. The third kappa shape index (κ3) is 19.9. The number of nitro groups is 2. The highest BCUT2D eigenvalue weighted by Gasteiger charge is 2.33. The van der Waals surface area contributed by atoms with E-state index in [1.54, 1.807) is 30.5 Å². The standard InChI is InChI=1S/C24H26F3N7O3.C19H23F3N6O3.C5H4FN.CH4/c25-24(26,27)37-20-6-2-1-5-17(20)14-30-23-31-15-19(34(35)36)22(33-23)29-13-16-8-10-18(11-9-16)32-21-7-3-4-12-28-21;20-19(21,22)31-16-4-2-1-3-13(16)10-25-18-26-11-15(28(29)30)17(27-18)24-9-12-5-7-14(23)8-6-12;6-5-3-1-2-4-7-5;/h1-7,12,15-16,18H,8-11,13-14H2,(H,28,32)(H2,29,30,31,33);1-4,11-12,14H,5-10,23H2,(H2,24,25,26,27);1-4H;1H4. The molecule has 7 N–H and O–H groups in total. The zero-order valence-corrected chi connectivity index (χ0v) is 39.9. The number of aromatic nitrogens is 6. The maximum atomic E-state index is 12.7. The number of nitrogens with two attached hydrogens (primary N) is 1. The van der Waals surface area contributed by atoms with Gasteiger partial charge in [-0.25, -0.2) is 19.9 Å². The van der Waals surface area contributed by atoms with Gasteiger partial charge in [-0.15, -0.1) is 26.3 Å². The molecule has 0 radical (unpaired) electrons. The lowest BCUT2D eigenvalue weighted by Crippen LogP contribution is -2.29. The smallest absolute Gasteiger partial charge is 0.405 e. The second kappa shape index (κ2) is 28.4. The number of benzene rings is 2. The molecule has 20 nitrogen and oxygen atoms in total. The first-order valence-corrected chi connectivity index (χ1v) is 23.5. The van der Waals surface area contributed by atoms with E-state index in [2.05, 4.69) is 66.0 Å². The number of nitrogens with zero attached hydrogens (tertiary/aromatic N) is 8. The first-order valence-electron chi connectivity index (χ1n) is 23.5. The maximum Gasteiger partial charge on any atom is 0.573 e. The van der Waals surface area contributed by atoms with Gasteiger partial charge in [-0.1, -0.05) is 56.0 Å². The molecular weight excluding hydrogens is 1010 g/mol. The molecule has 4 aromatic heterocycles. The summed E-state index contributed by atoms with van der Waals surface area (Å²) in [5.41, 5.74) is 5.80. The molecule has 76 heavy (non-hydrogen) atoms. The summed E-state index contributed by atoms with van der Waals surface area (Å²) in [6.45, 7) is 0.864. The van der Waals surface area contributed by atoms with Crippen molar-refractivity contribution in [2.45, 2.75) is 96.7 Å². The Kier molecular flexibility index (Phi) is 22.0. The second-order valence-electron chi connectivity index (χ2n) is 17.2. The fourth-order valence-corrected chi connectivity index (χ4v) is 7.93. The molecule has 0 amide bonds. The fourth-order valence-electron chi connectivity index (χ4n) is 7.93. The van der Waals surface area contributed by atoms with E-state index < -0.39 is 28.5 Å². The highest BCUT2D eigenvalue weighted by atomic mass is 19.4.